The third-order valence-electron chi connectivity index (χ3n) is 2.91. The van der Waals surface area contributed by atoms with Gasteiger partial charge in [0.25, 0.3) is 0 Å². The lowest BCUT2D eigenvalue weighted by Gasteiger charge is -2.31. The molecule has 21 heavy (non-hydrogen) atoms. The van der Waals surface area contributed by atoms with Crippen molar-refractivity contribution < 1.29 is 18.7 Å². The minimum atomic E-state index is -0.657. The van der Waals surface area contributed by atoms with Gasteiger partial charge in [0, 0.05) is 4.90 Å². The Bertz CT molecular complexity index is 615. The molecule has 0 spiro atoms. The summed E-state index contributed by atoms with van der Waals surface area (Å²) in [6.07, 6.45) is -0.0733. The SMILES string of the molecule is CCOC(=O)CC1Sc2ccc(F)cc2N(CC#N)C1=O. The Balaban J connectivity index is 2.29. The van der Waals surface area contributed by atoms with E-state index >= 15 is 0 Å². The lowest BCUT2D eigenvalue weighted by molar-refractivity contribution is -0.144. The molecule has 0 N–H and O–H groups in total. The molecule has 1 atom stereocenters. The lowest BCUT2D eigenvalue weighted by Crippen LogP contribution is -2.42. The number of rotatable bonds is 4. The van der Waals surface area contributed by atoms with Gasteiger partial charge < -0.3 is 4.74 Å². The predicted octanol–water partition coefficient (Wildman–Crippen LogP) is 2.11. The number of carbonyl (C=O) groups excluding carboxylic acids is 2. The van der Waals surface area contributed by atoms with Gasteiger partial charge in [0.2, 0.25) is 5.91 Å². The van der Waals surface area contributed by atoms with E-state index in [0.29, 0.717) is 10.6 Å². The van der Waals surface area contributed by atoms with Crippen LogP contribution in [0, 0.1) is 17.1 Å². The minimum Gasteiger partial charge on any atom is -0.466 e. The number of nitriles is 1. The number of thioether (sulfide) groups is 1. The molecule has 2 rings (SSSR count). The standard InChI is InChI=1S/C14H13FN2O3S/c1-2-20-13(18)8-12-14(19)17(6-5-16)10-7-9(15)3-4-11(10)21-12/h3-4,7,12H,2,6,8H2,1H3. The number of halogens is 1. The van der Waals surface area contributed by atoms with Crippen LogP contribution in [0.25, 0.3) is 0 Å². The van der Waals surface area contributed by atoms with E-state index in [0.717, 1.165) is 0 Å². The molecule has 110 valence electrons. The topological polar surface area (TPSA) is 70.4 Å². The van der Waals surface area contributed by atoms with Crippen LogP contribution in [0.15, 0.2) is 23.1 Å². The predicted molar refractivity (Wildman–Crippen MR) is 75.3 cm³/mol. The Hall–Kier alpha value is -2.07. The van der Waals surface area contributed by atoms with E-state index in [2.05, 4.69) is 0 Å². The second-order valence-electron chi connectivity index (χ2n) is 4.31. The number of hydrogen-bond donors (Lipinski definition) is 0. The molecule has 0 aliphatic carbocycles. The second-order valence-corrected chi connectivity index (χ2v) is 5.55. The van der Waals surface area contributed by atoms with Gasteiger partial charge in [-0.05, 0) is 25.1 Å². The van der Waals surface area contributed by atoms with Gasteiger partial charge in [0.1, 0.15) is 12.4 Å². The van der Waals surface area contributed by atoms with Gasteiger partial charge in [-0.25, -0.2) is 4.39 Å². The van der Waals surface area contributed by atoms with Gasteiger partial charge in [0.15, 0.2) is 0 Å². The third kappa shape index (κ3) is 3.34. The van der Waals surface area contributed by atoms with Crippen molar-refractivity contribution >= 4 is 29.3 Å². The molecular weight excluding hydrogens is 295 g/mol. The highest BCUT2D eigenvalue weighted by Crippen LogP contribution is 2.40. The van der Waals surface area contributed by atoms with Crippen LogP contribution in [0.3, 0.4) is 0 Å². The van der Waals surface area contributed by atoms with Crippen LogP contribution in [0.2, 0.25) is 0 Å². The van der Waals surface area contributed by atoms with E-state index < -0.39 is 17.0 Å². The van der Waals surface area contributed by atoms with Crippen LogP contribution in [0.5, 0.6) is 0 Å². The summed E-state index contributed by atoms with van der Waals surface area (Å²) < 4.78 is 18.2. The van der Waals surface area contributed by atoms with Crippen molar-refractivity contribution in [3.05, 3.63) is 24.0 Å². The Kier molecular flexibility index (Phi) is 4.81. The number of fused-ring (bicyclic) bond motifs is 1. The molecule has 0 saturated heterocycles. The van der Waals surface area contributed by atoms with Crippen molar-refractivity contribution in [2.24, 2.45) is 0 Å². The van der Waals surface area contributed by atoms with Crippen LogP contribution in [-0.2, 0) is 14.3 Å². The molecule has 0 saturated carbocycles. The van der Waals surface area contributed by atoms with Crippen molar-refractivity contribution in [2.75, 3.05) is 18.1 Å². The molecule has 0 bridgehead atoms. The normalized spacial score (nSPS) is 17.1. The summed E-state index contributed by atoms with van der Waals surface area (Å²) in [5.41, 5.74) is 0.367. The fourth-order valence-corrected chi connectivity index (χ4v) is 3.22. The van der Waals surface area contributed by atoms with Crippen LogP contribution in [0.1, 0.15) is 13.3 Å². The maximum atomic E-state index is 13.3. The molecule has 5 nitrogen and oxygen atoms in total. The fourth-order valence-electron chi connectivity index (χ4n) is 2.03. The molecule has 0 radical (unpaired) electrons. The molecule has 0 aromatic heterocycles. The van der Waals surface area contributed by atoms with E-state index in [9.17, 15) is 14.0 Å². The first kappa shape index (κ1) is 15.3. The Morgan fingerprint density at radius 3 is 3.00 bits per heavy atom. The first-order chi connectivity index (χ1) is 10.1. The van der Waals surface area contributed by atoms with Gasteiger partial charge >= 0.3 is 5.97 Å². The van der Waals surface area contributed by atoms with Crippen LogP contribution in [0.4, 0.5) is 10.1 Å². The maximum Gasteiger partial charge on any atom is 0.307 e. The lowest BCUT2D eigenvalue weighted by atomic mass is 10.2. The highest BCUT2D eigenvalue weighted by atomic mass is 32.2. The number of amides is 1. The van der Waals surface area contributed by atoms with E-state index in [4.69, 9.17) is 10.00 Å². The number of benzene rings is 1. The monoisotopic (exact) mass is 308 g/mol. The minimum absolute atomic E-state index is 0.0733. The van der Waals surface area contributed by atoms with Crippen molar-refractivity contribution in [3.63, 3.8) is 0 Å². The molecule has 1 aromatic carbocycles. The van der Waals surface area contributed by atoms with Crippen LogP contribution in [-0.4, -0.2) is 30.3 Å². The highest BCUT2D eigenvalue weighted by Gasteiger charge is 2.35. The molecular formula is C14H13FN2O3S. The molecule has 0 fully saturated rings. The number of esters is 1. The zero-order chi connectivity index (χ0) is 15.4. The summed E-state index contributed by atoms with van der Waals surface area (Å²) in [5.74, 6) is -1.33. The average Bonchev–Trinajstić information content (AvgIpc) is 2.44. The number of nitrogens with zero attached hydrogens (tertiary/aromatic N) is 2. The summed E-state index contributed by atoms with van der Waals surface area (Å²) in [5, 5.41) is 8.19. The molecule has 7 heteroatoms. The van der Waals surface area contributed by atoms with Gasteiger partial charge in [-0.15, -0.1) is 11.8 Å². The zero-order valence-electron chi connectivity index (χ0n) is 11.3. The quantitative estimate of drug-likeness (QED) is 0.629. The molecule has 1 unspecified atom stereocenters. The van der Waals surface area contributed by atoms with Crippen molar-refractivity contribution in [2.45, 2.75) is 23.5 Å². The van der Waals surface area contributed by atoms with Crippen molar-refractivity contribution in [1.82, 2.24) is 0 Å². The van der Waals surface area contributed by atoms with Gasteiger partial charge in [-0.2, -0.15) is 5.26 Å². The van der Waals surface area contributed by atoms with Gasteiger partial charge in [-0.1, -0.05) is 0 Å². The molecule has 1 heterocycles. The van der Waals surface area contributed by atoms with E-state index in [1.807, 2.05) is 6.07 Å². The fraction of sp³-hybridized carbons (Fsp3) is 0.357. The highest BCUT2D eigenvalue weighted by molar-refractivity contribution is 8.01. The molecule has 1 aliphatic heterocycles. The van der Waals surface area contributed by atoms with Crippen LogP contribution >= 0.6 is 11.8 Å². The Morgan fingerprint density at radius 1 is 1.57 bits per heavy atom. The first-order valence-electron chi connectivity index (χ1n) is 6.37. The van der Waals surface area contributed by atoms with Gasteiger partial charge in [-0.3, -0.25) is 14.5 Å². The van der Waals surface area contributed by atoms with E-state index in [-0.39, 0.29) is 25.5 Å². The Morgan fingerprint density at radius 2 is 2.33 bits per heavy atom. The van der Waals surface area contributed by atoms with E-state index in [1.54, 1.807) is 13.0 Å². The molecule has 1 aliphatic rings. The largest absolute Gasteiger partial charge is 0.466 e. The van der Waals surface area contributed by atoms with Crippen molar-refractivity contribution in [3.8, 4) is 6.07 Å². The first-order valence-corrected chi connectivity index (χ1v) is 7.25. The molecule has 1 aromatic rings. The van der Waals surface area contributed by atoms with E-state index in [1.165, 1.54) is 28.8 Å². The number of ether oxygens (including phenoxy) is 1. The summed E-state index contributed by atoms with van der Waals surface area (Å²) in [7, 11) is 0. The zero-order valence-corrected chi connectivity index (χ0v) is 12.2. The number of hydrogen-bond acceptors (Lipinski definition) is 5. The molecule has 1 amide bonds. The van der Waals surface area contributed by atoms with Gasteiger partial charge in [0.05, 0.1) is 30.0 Å². The third-order valence-corrected chi connectivity index (χ3v) is 4.16. The van der Waals surface area contributed by atoms with Crippen LogP contribution < -0.4 is 4.90 Å². The Labute approximate surface area is 125 Å². The summed E-state index contributed by atoms with van der Waals surface area (Å²) in [6.45, 7) is 1.75. The summed E-state index contributed by atoms with van der Waals surface area (Å²) in [6, 6.07) is 5.94. The second kappa shape index (κ2) is 6.59. The summed E-state index contributed by atoms with van der Waals surface area (Å²) in [4.78, 5) is 25.8. The summed E-state index contributed by atoms with van der Waals surface area (Å²) >= 11 is 1.19. The van der Waals surface area contributed by atoms with Crippen molar-refractivity contribution in [1.29, 1.82) is 5.26 Å². The smallest absolute Gasteiger partial charge is 0.307 e. The number of anilines is 1. The average molecular weight is 308 g/mol. The maximum absolute atomic E-state index is 13.3. The number of carbonyl (C=O) groups is 2.